The minimum absolute atomic E-state index is 0.0777. The molecule has 0 fully saturated rings. The Balaban J connectivity index is 1.69. The second-order valence-electron chi connectivity index (χ2n) is 7.87. The molecule has 1 atom stereocenters. The van der Waals surface area contributed by atoms with Gasteiger partial charge in [0.05, 0.1) is 0 Å². The maximum Gasteiger partial charge on any atom is 0.260 e. The molecule has 2 rings (SSSR count). The molecule has 0 saturated carbocycles. The highest BCUT2D eigenvalue weighted by Crippen LogP contribution is 2.24. The molecule has 4 heteroatoms. The number of hydrogen-bond acceptors (Lipinski definition) is 3. The van der Waals surface area contributed by atoms with E-state index in [2.05, 4.69) is 69.4 Å². The molecule has 1 unspecified atom stereocenters. The molecule has 0 radical (unpaired) electrons. The third-order valence-corrected chi connectivity index (χ3v) is 5.33. The maximum atomic E-state index is 12.2. The van der Waals surface area contributed by atoms with Crippen LogP contribution in [0.2, 0.25) is 0 Å². The molecule has 0 heterocycles. The van der Waals surface area contributed by atoms with Crippen LogP contribution in [0, 0.1) is 6.92 Å². The van der Waals surface area contributed by atoms with Crippen LogP contribution in [0.4, 0.5) is 0 Å². The van der Waals surface area contributed by atoms with Gasteiger partial charge in [-0.2, -0.15) is 11.8 Å². The van der Waals surface area contributed by atoms with Crippen LogP contribution in [0.1, 0.15) is 44.4 Å². The normalized spacial score (nSPS) is 12.5. The van der Waals surface area contributed by atoms with Crippen LogP contribution in [0.25, 0.3) is 0 Å². The Kier molecular flexibility index (Phi) is 7.78. The quantitative estimate of drug-likeness (QED) is 0.642. The van der Waals surface area contributed by atoms with Gasteiger partial charge in [0.2, 0.25) is 0 Å². The van der Waals surface area contributed by atoms with E-state index in [1.807, 2.05) is 23.9 Å². The summed E-state index contributed by atoms with van der Waals surface area (Å²) in [5.41, 5.74) is 3.96. The summed E-state index contributed by atoms with van der Waals surface area (Å²) in [5, 5.41) is 2.95. The number of carbonyl (C=O) groups is 1. The first-order valence-electron chi connectivity index (χ1n) is 9.44. The highest BCUT2D eigenvalue weighted by Gasteiger charge is 2.16. The van der Waals surface area contributed by atoms with Crippen molar-refractivity contribution in [3.8, 4) is 5.75 Å². The Morgan fingerprint density at radius 1 is 1.15 bits per heavy atom. The number of hydrogen-bond donors (Lipinski definition) is 1. The Morgan fingerprint density at radius 2 is 1.85 bits per heavy atom. The van der Waals surface area contributed by atoms with Gasteiger partial charge in [-0.1, -0.05) is 62.7 Å². The van der Waals surface area contributed by atoms with E-state index in [0.29, 0.717) is 6.54 Å². The monoisotopic (exact) mass is 385 g/mol. The van der Waals surface area contributed by atoms with Crippen molar-refractivity contribution in [1.29, 1.82) is 0 Å². The molecule has 0 aliphatic rings. The number of rotatable bonds is 8. The van der Waals surface area contributed by atoms with E-state index >= 15 is 0 Å². The maximum absolute atomic E-state index is 12.2. The van der Waals surface area contributed by atoms with Crippen LogP contribution in [0.5, 0.6) is 5.75 Å². The Bertz CT molecular complexity index is 735. The first kappa shape index (κ1) is 21.4. The number of thioether (sulfide) groups is 1. The summed E-state index contributed by atoms with van der Waals surface area (Å²) >= 11 is 1.82. The lowest BCUT2D eigenvalue weighted by molar-refractivity contribution is -0.127. The van der Waals surface area contributed by atoms with E-state index in [4.69, 9.17) is 4.74 Å². The SMILES string of the molecule is Cc1cccc(CSCCNC(=O)C(C)Oc2ccc(C(C)(C)C)cc2)c1. The predicted octanol–water partition coefficient (Wildman–Crippen LogP) is 5.11. The summed E-state index contributed by atoms with van der Waals surface area (Å²) < 4.78 is 5.76. The highest BCUT2D eigenvalue weighted by molar-refractivity contribution is 7.98. The van der Waals surface area contributed by atoms with Gasteiger partial charge >= 0.3 is 0 Å². The smallest absolute Gasteiger partial charge is 0.260 e. The molecule has 2 aromatic rings. The molecule has 27 heavy (non-hydrogen) atoms. The fourth-order valence-electron chi connectivity index (χ4n) is 2.67. The molecule has 146 valence electrons. The zero-order valence-electron chi connectivity index (χ0n) is 17.0. The van der Waals surface area contributed by atoms with Crippen molar-refractivity contribution in [3.63, 3.8) is 0 Å². The van der Waals surface area contributed by atoms with Crippen molar-refractivity contribution in [1.82, 2.24) is 5.32 Å². The van der Waals surface area contributed by atoms with Crippen LogP contribution in [0.15, 0.2) is 48.5 Å². The molecule has 1 amide bonds. The molecule has 0 aromatic heterocycles. The van der Waals surface area contributed by atoms with Gasteiger partial charge in [0.25, 0.3) is 5.91 Å². The van der Waals surface area contributed by atoms with Crippen molar-refractivity contribution < 1.29 is 9.53 Å². The minimum atomic E-state index is -0.507. The molecule has 0 bridgehead atoms. The number of amides is 1. The van der Waals surface area contributed by atoms with Gasteiger partial charge in [0, 0.05) is 18.1 Å². The molecule has 0 aliphatic carbocycles. The fourth-order valence-corrected chi connectivity index (χ4v) is 3.48. The molecule has 2 aromatic carbocycles. The van der Waals surface area contributed by atoms with E-state index in [1.54, 1.807) is 6.92 Å². The fraction of sp³-hybridized carbons (Fsp3) is 0.435. The highest BCUT2D eigenvalue weighted by atomic mass is 32.2. The second kappa shape index (κ2) is 9.84. The molecule has 0 saturated heterocycles. The average molecular weight is 386 g/mol. The molecular weight excluding hydrogens is 354 g/mol. The standard InChI is InChI=1S/C23H31NO2S/c1-17-7-6-8-19(15-17)16-27-14-13-24-22(25)18(2)26-21-11-9-20(10-12-21)23(3,4)5/h6-12,15,18H,13-14,16H2,1-5H3,(H,24,25). The van der Waals surface area contributed by atoms with Crippen LogP contribution in [-0.4, -0.2) is 24.3 Å². The lowest BCUT2D eigenvalue weighted by Gasteiger charge is -2.20. The van der Waals surface area contributed by atoms with Crippen molar-refractivity contribution in [2.24, 2.45) is 0 Å². The number of carbonyl (C=O) groups excluding carboxylic acids is 1. The summed E-state index contributed by atoms with van der Waals surface area (Å²) in [6, 6.07) is 16.5. The van der Waals surface area contributed by atoms with Gasteiger partial charge < -0.3 is 10.1 Å². The Morgan fingerprint density at radius 3 is 2.48 bits per heavy atom. The van der Waals surface area contributed by atoms with E-state index in [-0.39, 0.29) is 11.3 Å². The van der Waals surface area contributed by atoms with Gasteiger partial charge in [-0.25, -0.2) is 0 Å². The minimum Gasteiger partial charge on any atom is -0.481 e. The van der Waals surface area contributed by atoms with Crippen LogP contribution in [0.3, 0.4) is 0 Å². The molecule has 0 aliphatic heterocycles. The van der Waals surface area contributed by atoms with E-state index < -0.39 is 6.10 Å². The van der Waals surface area contributed by atoms with Gasteiger partial charge in [0.1, 0.15) is 5.75 Å². The van der Waals surface area contributed by atoms with Crippen molar-refractivity contribution in [3.05, 3.63) is 65.2 Å². The number of ether oxygens (including phenoxy) is 1. The van der Waals surface area contributed by atoms with Gasteiger partial charge in [-0.3, -0.25) is 4.79 Å². The van der Waals surface area contributed by atoms with Gasteiger partial charge in [-0.05, 0) is 42.5 Å². The third-order valence-electron chi connectivity index (χ3n) is 4.30. The van der Waals surface area contributed by atoms with E-state index in [1.165, 1.54) is 16.7 Å². The van der Waals surface area contributed by atoms with Crippen molar-refractivity contribution >= 4 is 17.7 Å². The zero-order chi connectivity index (χ0) is 19.9. The van der Waals surface area contributed by atoms with Crippen LogP contribution < -0.4 is 10.1 Å². The zero-order valence-corrected chi connectivity index (χ0v) is 17.9. The lowest BCUT2D eigenvalue weighted by atomic mass is 9.87. The molecule has 1 N–H and O–H groups in total. The largest absolute Gasteiger partial charge is 0.481 e. The number of aryl methyl sites for hydroxylation is 1. The molecular formula is C23H31NO2S. The summed E-state index contributed by atoms with van der Waals surface area (Å²) in [4.78, 5) is 12.2. The van der Waals surface area contributed by atoms with Crippen molar-refractivity contribution in [2.75, 3.05) is 12.3 Å². The van der Waals surface area contributed by atoms with Gasteiger partial charge in [-0.15, -0.1) is 0 Å². The van der Waals surface area contributed by atoms with Gasteiger partial charge in [0.15, 0.2) is 6.10 Å². The lowest BCUT2D eigenvalue weighted by Crippen LogP contribution is -2.37. The summed E-state index contributed by atoms with van der Waals surface area (Å²) in [7, 11) is 0. The topological polar surface area (TPSA) is 38.3 Å². The van der Waals surface area contributed by atoms with Crippen molar-refractivity contribution in [2.45, 2.75) is 51.9 Å². The first-order valence-corrected chi connectivity index (χ1v) is 10.6. The summed E-state index contributed by atoms with van der Waals surface area (Å²) in [6.45, 7) is 11.1. The Hall–Kier alpha value is -1.94. The number of benzene rings is 2. The predicted molar refractivity (Wildman–Crippen MR) is 116 cm³/mol. The Labute approximate surface area is 167 Å². The average Bonchev–Trinajstić information content (AvgIpc) is 2.61. The second-order valence-corrected chi connectivity index (χ2v) is 8.97. The third kappa shape index (κ3) is 7.30. The van der Waals surface area contributed by atoms with Crippen LogP contribution >= 0.6 is 11.8 Å². The molecule has 3 nitrogen and oxygen atoms in total. The van der Waals surface area contributed by atoms with E-state index in [0.717, 1.165) is 17.3 Å². The summed E-state index contributed by atoms with van der Waals surface area (Å²) in [6.07, 6.45) is -0.507. The number of nitrogens with one attached hydrogen (secondary N) is 1. The first-order chi connectivity index (χ1) is 12.8. The summed E-state index contributed by atoms with van der Waals surface area (Å²) in [5.74, 6) is 2.49. The van der Waals surface area contributed by atoms with Crippen LogP contribution in [-0.2, 0) is 16.0 Å². The van der Waals surface area contributed by atoms with E-state index in [9.17, 15) is 4.79 Å². The molecule has 0 spiro atoms.